The van der Waals surface area contributed by atoms with Gasteiger partial charge in [-0.05, 0) is 30.3 Å². The maximum Gasteiger partial charge on any atom is 0.305 e. The molecule has 2 rings (SSSR count). The number of rotatable bonds is 6. The highest BCUT2D eigenvalue weighted by atomic mass is 35.5. The van der Waals surface area contributed by atoms with E-state index in [1.165, 1.54) is 30.3 Å². The number of nitrogens with zero attached hydrogens (tertiary/aromatic N) is 1. The van der Waals surface area contributed by atoms with Crippen LogP contribution in [0.3, 0.4) is 0 Å². The number of aliphatic carboxylic acids is 1. The zero-order valence-corrected chi connectivity index (χ0v) is 14.4. The van der Waals surface area contributed by atoms with Crippen LogP contribution >= 0.6 is 23.2 Å². The first-order chi connectivity index (χ1) is 11.2. The minimum Gasteiger partial charge on any atom is -0.481 e. The highest BCUT2D eigenvalue weighted by Crippen LogP contribution is 2.30. The lowest BCUT2D eigenvalue weighted by Gasteiger charge is -2.24. The average molecular weight is 392 g/mol. The van der Waals surface area contributed by atoms with Gasteiger partial charge in [-0.1, -0.05) is 35.3 Å². The fourth-order valence-electron chi connectivity index (χ4n) is 1.99. The van der Waals surface area contributed by atoms with Crippen LogP contribution in [0.4, 0.5) is 10.1 Å². The van der Waals surface area contributed by atoms with Gasteiger partial charge >= 0.3 is 5.97 Å². The van der Waals surface area contributed by atoms with Crippen molar-refractivity contribution in [2.24, 2.45) is 0 Å². The molecule has 0 aliphatic heterocycles. The summed E-state index contributed by atoms with van der Waals surface area (Å²) in [5.41, 5.74) is -0.246. The molecule has 2 aromatic carbocycles. The number of hydrogen-bond acceptors (Lipinski definition) is 3. The van der Waals surface area contributed by atoms with Gasteiger partial charge < -0.3 is 5.11 Å². The summed E-state index contributed by atoms with van der Waals surface area (Å²) < 4.78 is 40.4. The van der Waals surface area contributed by atoms with Crippen LogP contribution in [-0.4, -0.2) is 26.0 Å². The Balaban J connectivity index is 2.54. The lowest BCUT2D eigenvalue weighted by Crippen LogP contribution is -2.33. The van der Waals surface area contributed by atoms with Crippen LogP contribution in [0.15, 0.2) is 47.4 Å². The van der Waals surface area contributed by atoms with E-state index in [4.69, 9.17) is 28.3 Å². The van der Waals surface area contributed by atoms with Gasteiger partial charge in [-0.25, -0.2) is 12.8 Å². The molecule has 5 nitrogen and oxygen atoms in total. The molecule has 1 N–H and O–H groups in total. The second kappa shape index (κ2) is 7.38. The maximum atomic E-state index is 14.1. The van der Waals surface area contributed by atoms with Crippen molar-refractivity contribution in [2.45, 2.75) is 11.3 Å². The molecule has 0 saturated heterocycles. The topological polar surface area (TPSA) is 74.7 Å². The summed E-state index contributed by atoms with van der Waals surface area (Å²) in [4.78, 5) is 10.6. The molecular formula is C15H12Cl2FNO4S. The molecular weight excluding hydrogens is 380 g/mol. The number of carboxylic acid groups (broad SMARTS) is 1. The number of sulfonamides is 1. The second-order valence-electron chi connectivity index (χ2n) is 4.75. The zero-order valence-electron chi connectivity index (χ0n) is 12.1. The van der Waals surface area contributed by atoms with Gasteiger partial charge in [0.2, 0.25) is 0 Å². The molecule has 0 amide bonds. The Kier molecular flexibility index (Phi) is 5.69. The summed E-state index contributed by atoms with van der Waals surface area (Å²) in [6, 6.07) is 8.86. The van der Waals surface area contributed by atoms with Crippen LogP contribution in [-0.2, 0) is 14.8 Å². The van der Waals surface area contributed by atoms with E-state index in [1.54, 1.807) is 0 Å². The van der Waals surface area contributed by atoms with Crippen LogP contribution in [0, 0.1) is 5.82 Å². The second-order valence-corrected chi connectivity index (χ2v) is 7.42. The SMILES string of the molecule is O=C(O)CCN(c1ccccc1F)S(=O)(=O)c1ccc(Cl)c(Cl)c1. The molecule has 0 unspecified atom stereocenters. The molecule has 128 valence electrons. The van der Waals surface area contributed by atoms with E-state index in [9.17, 15) is 17.6 Å². The standard InChI is InChI=1S/C15H12Cl2FNO4S/c16-11-6-5-10(9-12(11)17)24(22,23)19(8-7-15(20)21)14-4-2-1-3-13(14)18/h1-6,9H,7-8H2,(H,20,21). The van der Waals surface area contributed by atoms with Crippen LogP contribution < -0.4 is 4.31 Å². The average Bonchev–Trinajstić information content (AvgIpc) is 2.51. The number of hydrogen-bond donors (Lipinski definition) is 1. The maximum absolute atomic E-state index is 14.1. The van der Waals surface area contributed by atoms with Gasteiger partial charge in [-0.2, -0.15) is 0 Å². The summed E-state index contributed by atoms with van der Waals surface area (Å²) in [6.07, 6.45) is -0.491. The van der Waals surface area contributed by atoms with Gasteiger partial charge in [0.05, 0.1) is 27.0 Å². The molecule has 0 aliphatic carbocycles. The quantitative estimate of drug-likeness (QED) is 0.812. The van der Waals surface area contributed by atoms with Gasteiger partial charge in [-0.15, -0.1) is 0 Å². The third-order valence-corrected chi connectivity index (χ3v) is 5.68. The Hall–Kier alpha value is -1.83. The van der Waals surface area contributed by atoms with Crippen molar-refractivity contribution in [2.75, 3.05) is 10.8 Å². The third-order valence-electron chi connectivity index (χ3n) is 3.13. The van der Waals surface area contributed by atoms with Crippen LogP contribution in [0.1, 0.15) is 6.42 Å². The van der Waals surface area contributed by atoms with E-state index in [2.05, 4.69) is 0 Å². The molecule has 0 bridgehead atoms. The number of anilines is 1. The highest BCUT2D eigenvalue weighted by molar-refractivity contribution is 7.92. The van der Waals surface area contributed by atoms with E-state index >= 15 is 0 Å². The Morgan fingerprint density at radius 3 is 2.38 bits per heavy atom. The molecule has 9 heteroatoms. The normalized spacial score (nSPS) is 11.3. The highest BCUT2D eigenvalue weighted by Gasteiger charge is 2.28. The van der Waals surface area contributed by atoms with Crippen molar-refractivity contribution in [1.82, 2.24) is 0 Å². The largest absolute Gasteiger partial charge is 0.481 e. The fraction of sp³-hybridized carbons (Fsp3) is 0.133. The summed E-state index contributed by atoms with van der Waals surface area (Å²) in [5.74, 6) is -1.99. The number of carbonyl (C=O) groups is 1. The molecule has 0 aromatic heterocycles. The zero-order chi connectivity index (χ0) is 17.9. The molecule has 0 saturated carbocycles. The van der Waals surface area contributed by atoms with E-state index in [-0.39, 0.29) is 20.6 Å². The smallest absolute Gasteiger partial charge is 0.305 e. The third kappa shape index (κ3) is 3.98. The fourth-order valence-corrected chi connectivity index (χ4v) is 3.85. The predicted octanol–water partition coefficient (Wildman–Crippen LogP) is 3.80. The van der Waals surface area contributed by atoms with Crippen molar-refractivity contribution >= 4 is 44.9 Å². The van der Waals surface area contributed by atoms with Gasteiger partial charge in [-0.3, -0.25) is 9.10 Å². The molecule has 24 heavy (non-hydrogen) atoms. The molecule has 0 radical (unpaired) electrons. The van der Waals surface area contributed by atoms with Gasteiger partial charge in [0, 0.05) is 6.54 Å². The predicted molar refractivity (Wildman–Crippen MR) is 89.6 cm³/mol. The minimum atomic E-state index is -4.22. The van der Waals surface area contributed by atoms with Crippen molar-refractivity contribution in [3.05, 3.63) is 58.3 Å². The summed E-state index contributed by atoms with van der Waals surface area (Å²) in [5, 5.41) is 9.02. The monoisotopic (exact) mass is 391 g/mol. The molecule has 0 heterocycles. The molecule has 0 atom stereocenters. The van der Waals surface area contributed by atoms with Gasteiger partial charge in [0.1, 0.15) is 5.82 Å². The van der Waals surface area contributed by atoms with E-state index in [1.807, 2.05) is 0 Å². The molecule has 0 aliphatic rings. The van der Waals surface area contributed by atoms with Crippen molar-refractivity contribution in [3.8, 4) is 0 Å². The van der Waals surface area contributed by atoms with Crippen molar-refractivity contribution in [3.63, 3.8) is 0 Å². The van der Waals surface area contributed by atoms with Gasteiger partial charge in [0.15, 0.2) is 0 Å². The molecule has 2 aromatic rings. The minimum absolute atomic E-state index is 0.0180. The van der Waals surface area contributed by atoms with E-state index in [0.29, 0.717) is 4.31 Å². The summed E-state index contributed by atoms with van der Waals surface area (Å²) >= 11 is 11.6. The van der Waals surface area contributed by atoms with Crippen molar-refractivity contribution < 1.29 is 22.7 Å². The lowest BCUT2D eigenvalue weighted by molar-refractivity contribution is -0.136. The molecule has 0 fully saturated rings. The van der Waals surface area contributed by atoms with Gasteiger partial charge in [0.25, 0.3) is 10.0 Å². The lowest BCUT2D eigenvalue weighted by atomic mass is 10.3. The summed E-state index contributed by atoms with van der Waals surface area (Å²) in [6.45, 7) is -0.432. The number of benzene rings is 2. The van der Waals surface area contributed by atoms with E-state index in [0.717, 1.165) is 12.1 Å². The molecule has 0 spiro atoms. The van der Waals surface area contributed by atoms with E-state index < -0.39 is 34.8 Å². The first kappa shape index (κ1) is 18.5. The van der Waals surface area contributed by atoms with Crippen LogP contribution in [0.25, 0.3) is 0 Å². The Labute approximate surface area is 148 Å². The number of halogens is 3. The first-order valence-corrected chi connectivity index (χ1v) is 8.87. The first-order valence-electron chi connectivity index (χ1n) is 6.67. The van der Waals surface area contributed by atoms with Crippen LogP contribution in [0.2, 0.25) is 10.0 Å². The Bertz CT molecular complexity index is 874. The Morgan fingerprint density at radius 2 is 1.79 bits per heavy atom. The number of para-hydroxylation sites is 1. The summed E-state index contributed by atoms with van der Waals surface area (Å²) in [7, 11) is -4.22. The van der Waals surface area contributed by atoms with Crippen molar-refractivity contribution in [1.29, 1.82) is 0 Å². The Morgan fingerprint density at radius 1 is 1.12 bits per heavy atom. The van der Waals surface area contributed by atoms with Crippen LogP contribution in [0.5, 0.6) is 0 Å². The number of carboxylic acids is 1.